The van der Waals surface area contributed by atoms with Gasteiger partial charge in [0, 0.05) is 31.8 Å². The molecule has 19 heavy (non-hydrogen) atoms. The van der Waals surface area contributed by atoms with Crippen LogP contribution in [0.25, 0.3) is 0 Å². The summed E-state index contributed by atoms with van der Waals surface area (Å²) in [6.45, 7) is 0. The molecule has 4 atom stereocenters. The predicted octanol–water partition coefficient (Wildman–Crippen LogP) is 1.76. The molecule has 0 aromatic carbocycles. The molecule has 3 aliphatic rings. The van der Waals surface area contributed by atoms with Gasteiger partial charge in [0.05, 0.1) is 6.04 Å². The highest BCUT2D eigenvalue weighted by Gasteiger charge is 2.57. The van der Waals surface area contributed by atoms with Crippen molar-refractivity contribution in [1.29, 1.82) is 0 Å². The summed E-state index contributed by atoms with van der Waals surface area (Å²) in [5.74, 6) is 0.802. The zero-order valence-corrected chi connectivity index (χ0v) is 11.4. The number of carboxylic acid groups (broad SMARTS) is 1. The van der Waals surface area contributed by atoms with E-state index in [1.54, 1.807) is 0 Å². The van der Waals surface area contributed by atoms with Gasteiger partial charge in [-0.3, -0.25) is 4.79 Å². The maximum Gasteiger partial charge on any atom is 0.414 e. The average Bonchev–Trinajstić information content (AvgIpc) is 2.92. The number of rotatable bonds is 1. The van der Waals surface area contributed by atoms with Gasteiger partial charge in [-0.1, -0.05) is 12.8 Å². The summed E-state index contributed by atoms with van der Waals surface area (Å²) in [4.78, 5) is 26.7. The molecule has 3 rings (SSSR count). The number of likely N-dealkylation sites (tertiary alicyclic amines) is 1. The van der Waals surface area contributed by atoms with E-state index in [2.05, 4.69) is 0 Å². The Bertz CT molecular complexity index is 458. The summed E-state index contributed by atoms with van der Waals surface area (Å²) in [6, 6.07) is -0.108. The lowest BCUT2D eigenvalue weighted by Crippen LogP contribution is -2.41. The van der Waals surface area contributed by atoms with Gasteiger partial charge in [-0.15, -0.1) is 0 Å². The fourth-order valence-electron chi connectivity index (χ4n) is 4.33. The summed E-state index contributed by atoms with van der Waals surface area (Å²) >= 11 is 0. The van der Waals surface area contributed by atoms with Crippen molar-refractivity contribution in [2.45, 2.75) is 31.7 Å². The first kappa shape index (κ1) is 12.5. The van der Waals surface area contributed by atoms with Gasteiger partial charge in [0.2, 0.25) is 0 Å². The third-order valence-electron chi connectivity index (χ3n) is 4.89. The molecule has 5 nitrogen and oxygen atoms in total. The van der Waals surface area contributed by atoms with Crippen molar-refractivity contribution >= 4 is 12.0 Å². The average molecular weight is 264 g/mol. The van der Waals surface area contributed by atoms with E-state index in [1.807, 2.05) is 25.2 Å². The lowest BCUT2D eigenvalue weighted by Gasteiger charge is -2.24. The number of hydrogen-bond acceptors (Lipinski definition) is 3. The van der Waals surface area contributed by atoms with Crippen LogP contribution in [0.3, 0.4) is 0 Å². The summed E-state index contributed by atoms with van der Waals surface area (Å²) < 4.78 is 0. The van der Waals surface area contributed by atoms with E-state index in [0.29, 0.717) is 17.4 Å². The Hall–Kier alpha value is -1.52. The van der Waals surface area contributed by atoms with Gasteiger partial charge in [-0.2, -0.15) is 0 Å². The minimum atomic E-state index is -1.09. The number of fused-ring (bicyclic) bond motifs is 3. The number of imide groups is 1. The van der Waals surface area contributed by atoms with E-state index in [9.17, 15) is 14.7 Å². The zero-order chi connectivity index (χ0) is 13.7. The molecule has 0 aromatic rings. The second kappa shape index (κ2) is 4.25. The third kappa shape index (κ3) is 1.75. The maximum absolute atomic E-state index is 12.3. The highest BCUT2D eigenvalue weighted by molar-refractivity contribution is 6.05. The fourth-order valence-corrected chi connectivity index (χ4v) is 4.33. The molecular formula is C14H20N2O3. The first-order chi connectivity index (χ1) is 9.00. The molecule has 2 saturated carbocycles. The third-order valence-corrected chi connectivity index (χ3v) is 4.89. The van der Waals surface area contributed by atoms with Crippen LogP contribution in [0, 0.1) is 17.8 Å². The number of amides is 2. The first-order valence-electron chi connectivity index (χ1n) is 6.95. The second-order valence-electron chi connectivity index (χ2n) is 6.19. The van der Waals surface area contributed by atoms with Gasteiger partial charge >= 0.3 is 6.09 Å². The molecule has 1 N–H and O–H groups in total. The smallest absolute Gasteiger partial charge is 0.414 e. The molecule has 3 fully saturated rings. The van der Waals surface area contributed by atoms with E-state index < -0.39 is 6.09 Å². The lowest BCUT2D eigenvalue weighted by molar-refractivity contribution is -0.124. The maximum atomic E-state index is 12.3. The molecule has 0 aromatic heterocycles. The number of carbonyl (C=O) groups is 2. The van der Waals surface area contributed by atoms with Crippen molar-refractivity contribution < 1.29 is 14.7 Å². The van der Waals surface area contributed by atoms with E-state index >= 15 is 0 Å². The summed E-state index contributed by atoms with van der Waals surface area (Å²) in [5.41, 5.74) is 0.687. The quantitative estimate of drug-likeness (QED) is 0.733. The monoisotopic (exact) mass is 264 g/mol. The van der Waals surface area contributed by atoms with Crippen molar-refractivity contribution in [2.24, 2.45) is 17.8 Å². The fraction of sp³-hybridized carbons (Fsp3) is 0.714. The Morgan fingerprint density at radius 2 is 2.16 bits per heavy atom. The van der Waals surface area contributed by atoms with Crippen molar-refractivity contribution in [3.05, 3.63) is 11.8 Å². The molecule has 4 unspecified atom stereocenters. The van der Waals surface area contributed by atoms with Crippen LogP contribution in [-0.2, 0) is 4.79 Å². The standard InChI is InChI=1S/C14H20N2O3/c1-15(2)7-11-10-6-8-4-3-5-9(8)12(10)16(13(11)17)14(18)19/h7-10,12H,3-6H2,1-2H3,(H,18,19). The van der Waals surface area contributed by atoms with Crippen molar-refractivity contribution in [1.82, 2.24) is 9.80 Å². The van der Waals surface area contributed by atoms with Gasteiger partial charge in [0.1, 0.15) is 0 Å². The molecular weight excluding hydrogens is 244 g/mol. The Balaban J connectivity index is 2.00. The number of nitrogens with zero attached hydrogens (tertiary/aromatic N) is 2. The summed E-state index contributed by atoms with van der Waals surface area (Å²) in [6.07, 6.45) is 5.13. The van der Waals surface area contributed by atoms with Gasteiger partial charge < -0.3 is 10.0 Å². The van der Waals surface area contributed by atoms with Crippen LogP contribution in [0.15, 0.2) is 11.8 Å². The molecule has 0 bridgehead atoms. The minimum Gasteiger partial charge on any atom is -0.465 e. The van der Waals surface area contributed by atoms with Crippen LogP contribution in [0.1, 0.15) is 25.7 Å². The van der Waals surface area contributed by atoms with Crippen LogP contribution in [0.4, 0.5) is 4.79 Å². The molecule has 5 heteroatoms. The largest absolute Gasteiger partial charge is 0.465 e. The van der Waals surface area contributed by atoms with Gasteiger partial charge in [0.15, 0.2) is 0 Å². The molecule has 2 amide bonds. The van der Waals surface area contributed by atoms with Gasteiger partial charge in [-0.25, -0.2) is 9.69 Å². The minimum absolute atomic E-state index is 0.108. The molecule has 0 spiro atoms. The van der Waals surface area contributed by atoms with Crippen molar-refractivity contribution in [3.63, 3.8) is 0 Å². The Morgan fingerprint density at radius 1 is 1.42 bits per heavy atom. The van der Waals surface area contributed by atoms with E-state index in [-0.39, 0.29) is 17.9 Å². The van der Waals surface area contributed by atoms with Crippen LogP contribution in [-0.4, -0.2) is 47.0 Å². The van der Waals surface area contributed by atoms with E-state index in [1.165, 1.54) is 12.8 Å². The predicted molar refractivity (Wildman–Crippen MR) is 69.4 cm³/mol. The Morgan fingerprint density at radius 3 is 2.79 bits per heavy atom. The second-order valence-corrected chi connectivity index (χ2v) is 6.19. The Labute approximate surface area is 112 Å². The summed E-state index contributed by atoms with van der Waals surface area (Å²) in [5, 5.41) is 9.37. The first-order valence-corrected chi connectivity index (χ1v) is 6.95. The number of carbonyl (C=O) groups excluding carboxylic acids is 1. The van der Waals surface area contributed by atoms with Crippen LogP contribution in [0.2, 0.25) is 0 Å². The van der Waals surface area contributed by atoms with Crippen LogP contribution in [0.5, 0.6) is 0 Å². The molecule has 1 aliphatic heterocycles. The van der Waals surface area contributed by atoms with Crippen LogP contribution >= 0.6 is 0 Å². The normalized spacial score (nSPS) is 38.7. The molecule has 0 radical (unpaired) electrons. The Kier molecular flexibility index (Phi) is 2.80. The van der Waals surface area contributed by atoms with Gasteiger partial charge in [0.25, 0.3) is 5.91 Å². The molecule has 1 heterocycles. The SMILES string of the molecule is CN(C)C=C1C(=O)N(C(=O)O)C2C1CC1CCCC12. The summed E-state index contributed by atoms with van der Waals surface area (Å²) in [7, 11) is 3.74. The van der Waals surface area contributed by atoms with Gasteiger partial charge in [-0.05, 0) is 24.7 Å². The highest BCUT2D eigenvalue weighted by Crippen LogP contribution is 2.54. The molecule has 104 valence electrons. The van der Waals surface area contributed by atoms with E-state index in [0.717, 1.165) is 17.7 Å². The lowest BCUT2D eigenvalue weighted by atomic mass is 9.94. The highest BCUT2D eigenvalue weighted by atomic mass is 16.4. The van der Waals surface area contributed by atoms with E-state index in [4.69, 9.17) is 0 Å². The molecule has 1 saturated heterocycles. The van der Waals surface area contributed by atoms with Crippen molar-refractivity contribution in [3.8, 4) is 0 Å². The van der Waals surface area contributed by atoms with Crippen molar-refractivity contribution in [2.75, 3.05) is 14.1 Å². The number of hydrogen-bond donors (Lipinski definition) is 1. The topological polar surface area (TPSA) is 60.9 Å². The van der Waals surface area contributed by atoms with Crippen LogP contribution < -0.4 is 0 Å². The molecule has 2 aliphatic carbocycles. The zero-order valence-electron chi connectivity index (χ0n) is 11.4.